The van der Waals surface area contributed by atoms with Crippen LogP contribution in [0.5, 0.6) is 0 Å². The van der Waals surface area contributed by atoms with Crippen LogP contribution in [0, 0.1) is 0 Å². The van der Waals surface area contributed by atoms with E-state index in [9.17, 15) is 43.5 Å². The lowest BCUT2D eigenvalue weighted by molar-refractivity contribution is -0.161. The van der Waals surface area contributed by atoms with Gasteiger partial charge in [-0.3, -0.25) is 32.5 Å². The Morgan fingerprint density at radius 1 is 0.326 bits per heavy atom. The van der Waals surface area contributed by atoms with Gasteiger partial charge in [0.2, 0.25) is 0 Å². The zero-order valence-electron chi connectivity index (χ0n) is 55.6. The van der Waals surface area contributed by atoms with Crippen LogP contribution in [-0.4, -0.2) is 95.9 Å². The third-order valence-corrected chi connectivity index (χ3v) is 16.2. The molecule has 0 aromatic rings. The number of allylic oxidation sites excluding steroid dienone is 16. The fourth-order valence-electron chi connectivity index (χ4n) is 9.02. The van der Waals surface area contributed by atoms with Crippen LogP contribution in [0.15, 0.2) is 97.2 Å². The molecule has 0 aliphatic heterocycles. The summed E-state index contributed by atoms with van der Waals surface area (Å²) in [4.78, 5) is 58.4. The van der Waals surface area contributed by atoms with Crippen molar-refractivity contribution in [1.82, 2.24) is 0 Å². The second-order valence-corrected chi connectivity index (χ2v) is 25.9. The predicted molar refractivity (Wildman–Crippen MR) is 362 cm³/mol. The highest BCUT2D eigenvalue weighted by Crippen LogP contribution is 2.45. The summed E-state index contributed by atoms with van der Waals surface area (Å²) in [5.41, 5.74) is 0. The second kappa shape index (κ2) is 64.6. The molecule has 0 aliphatic carbocycles. The number of esters is 3. The van der Waals surface area contributed by atoms with Gasteiger partial charge in [0.25, 0.3) is 0 Å². The lowest BCUT2D eigenvalue weighted by Gasteiger charge is -2.21. The molecule has 5 unspecified atom stereocenters. The Morgan fingerprint density at radius 2 is 0.596 bits per heavy atom. The molecule has 0 saturated carbocycles. The van der Waals surface area contributed by atoms with Crippen molar-refractivity contribution in [3.05, 3.63) is 97.2 Å². The Kier molecular flexibility index (Phi) is 62.0. The molecule has 0 heterocycles. The van der Waals surface area contributed by atoms with Crippen LogP contribution in [0.1, 0.15) is 278 Å². The van der Waals surface area contributed by atoms with Gasteiger partial charge in [-0.15, -0.1) is 0 Å². The van der Waals surface area contributed by atoms with Crippen molar-refractivity contribution in [1.29, 1.82) is 0 Å². The van der Waals surface area contributed by atoms with Crippen LogP contribution >= 0.6 is 15.6 Å². The average Bonchev–Trinajstić information content (AvgIpc) is 3.54. The van der Waals surface area contributed by atoms with Crippen LogP contribution in [0.2, 0.25) is 0 Å². The number of ether oxygens (including phenoxy) is 3. The molecule has 514 valence electrons. The highest BCUT2D eigenvalue weighted by atomic mass is 31.2. The summed E-state index contributed by atoms with van der Waals surface area (Å²) in [6, 6.07) is 0. The first-order valence-electron chi connectivity index (χ1n) is 34.5. The zero-order valence-corrected chi connectivity index (χ0v) is 57.4. The van der Waals surface area contributed by atoms with Crippen molar-refractivity contribution >= 4 is 33.6 Å². The molecule has 0 aliphatic rings. The van der Waals surface area contributed by atoms with Crippen molar-refractivity contribution in [2.24, 2.45) is 0 Å². The minimum atomic E-state index is -4.93. The maximum Gasteiger partial charge on any atom is 0.472 e. The molecule has 16 nitrogen and oxygen atoms in total. The van der Waals surface area contributed by atoms with E-state index >= 15 is 0 Å². The first-order valence-corrected chi connectivity index (χ1v) is 37.5. The van der Waals surface area contributed by atoms with Crippen molar-refractivity contribution in [2.45, 2.75) is 296 Å². The monoisotopic (exact) mass is 1290 g/mol. The van der Waals surface area contributed by atoms with Crippen molar-refractivity contribution in [2.75, 3.05) is 39.6 Å². The number of aliphatic hydroxyl groups is 2. The van der Waals surface area contributed by atoms with Crippen LogP contribution < -0.4 is 0 Å². The molecule has 0 rings (SSSR count). The van der Waals surface area contributed by atoms with Crippen molar-refractivity contribution < 1.29 is 75.8 Å². The smallest absolute Gasteiger partial charge is 0.463 e. The molecule has 0 saturated heterocycles. The first kappa shape index (κ1) is 85.5. The van der Waals surface area contributed by atoms with E-state index in [2.05, 4.69) is 118 Å². The third-order valence-electron chi connectivity index (χ3n) is 14.3. The quantitative estimate of drug-likeness (QED) is 0.0146. The number of carbonyl (C=O) groups is 3. The van der Waals surface area contributed by atoms with Gasteiger partial charge < -0.3 is 34.2 Å². The molecule has 5 atom stereocenters. The van der Waals surface area contributed by atoms with Crippen molar-refractivity contribution in [3.8, 4) is 0 Å². The number of phosphoric acid groups is 2. The van der Waals surface area contributed by atoms with Gasteiger partial charge >= 0.3 is 33.6 Å². The van der Waals surface area contributed by atoms with Gasteiger partial charge in [-0.05, 0) is 103 Å². The lowest BCUT2D eigenvalue weighted by Crippen LogP contribution is -2.30. The molecule has 0 aromatic carbocycles. The molecule has 4 N–H and O–H groups in total. The summed E-state index contributed by atoms with van der Waals surface area (Å²) < 4.78 is 60.9. The van der Waals surface area contributed by atoms with Crippen LogP contribution in [0.4, 0.5) is 0 Å². The number of phosphoric ester groups is 2. The highest BCUT2D eigenvalue weighted by molar-refractivity contribution is 7.47. The number of aliphatic hydroxyl groups excluding tert-OH is 2. The van der Waals surface area contributed by atoms with E-state index in [0.29, 0.717) is 19.3 Å². The summed E-state index contributed by atoms with van der Waals surface area (Å²) in [6.07, 6.45) is 70.2. The van der Waals surface area contributed by atoms with Crippen LogP contribution in [-0.2, 0) is 55.8 Å². The first-order chi connectivity index (χ1) is 43.2. The Bertz CT molecular complexity index is 2010. The molecular weight excluding hydrogens is 1170 g/mol. The van der Waals surface area contributed by atoms with Crippen LogP contribution in [0.25, 0.3) is 0 Å². The SMILES string of the molecule is CC/C=C\C/C=C\C/C=C\C/C=C\C/C=C\CCCCCC(=O)OCC(O)COP(=O)(O)OCC(O)COP(=O)(O)OCC(COC(=O)CCCCCCCC/C=C\C/C=C\C/C=C\CCCCC)OC(=O)CCCCCCCCCCCCCCCCC. The minimum Gasteiger partial charge on any atom is -0.463 e. The highest BCUT2D eigenvalue weighted by Gasteiger charge is 2.29. The Morgan fingerprint density at radius 3 is 0.978 bits per heavy atom. The summed E-state index contributed by atoms with van der Waals surface area (Å²) >= 11 is 0. The average molecular weight is 1300 g/mol. The molecule has 0 bridgehead atoms. The van der Waals surface area contributed by atoms with Crippen molar-refractivity contribution in [3.63, 3.8) is 0 Å². The molecule has 0 aromatic heterocycles. The number of unbranched alkanes of at least 4 members (excludes halogenated alkanes) is 26. The molecule has 0 spiro atoms. The van der Waals surface area contributed by atoms with Gasteiger partial charge in [0, 0.05) is 19.3 Å². The largest absolute Gasteiger partial charge is 0.472 e. The van der Waals surface area contributed by atoms with E-state index in [1.165, 1.54) is 83.5 Å². The van der Waals surface area contributed by atoms with Gasteiger partial charge in [0.15, 0.2) is 6.10 Å². The van der Waals surface area contributed by atoms with E-state index in [-0.39, 0.29) is 19.3 Å². The van der Waals surface area contributed by atoms with E-state index in [1.807, 2.05) is 0 Å². The Labute approximate surface area is 539 Å². The fraction of sp³-hybridized carbons (Fsp3) is 0.732. The fourth-order valence-corrected chi connectivity index (χ4v) is 10.6. The number of rotatable bonds is 65. The van der Waals surface area contributed by atoms with Gasteiger partial charge in [-0.25, -0.2) is 9.13 Å². The zero-order chi connectivity index (χ0) is 65.3. The van der Waals surface area contributed by atoms with E-state index < -0.39 is 91.5 Å². The van der Waals surface area contributed by atoms with Gasteiger partial charge in [-0.1, -0.05) is 253 Å². The topological polar surface area (TPSA) is 231 Å². The third kappa shape index (κ3) is 65.8. The van der Waals surface area contributed by atoms with Crippen LogP contribution in [0.3, 0.4) is 0 Å². The summed E-state index contributed by atoms with van der Waals surface area (Å²) in [5.74, 6) is -1.61. The van der Waals surface area contributed by atoms with Gasteiger partial charge in [0.05, 0.1) is 26.4 Å². The standard InChI is InChI=1S/C71H124O16P2/c1-4-7-10-13-16-19-22-25-28-30-32-34-37-39-42-45-48-51-54-57-69(74)81-60-66(72)61-83-88(77,78)84-62-67(73)63-85-89(79,80)86-65-68(87-71(76)59-56-53-50-47-44-41-36-27-24-21-18-15-12-9-6-3)64-82-70(75)58-55-52-49-46-43-40-38-35-33-31-29-26-23-20-17-14-11-8-5-2/h7,10,16-17,19-20,25-26,28-29,32-35,39,42,66-68,72-73H,4-6,8-9,11-15,18,21-24,27,30-31,36-38,40-41,43-65H2,1-3H3,(H,77,78)(H,79,80)/b10-7-,19-16-,20-17-,28-25-,29-26-,34-32-,35-33-,42-39-. The van der Waals surface area contributed by atoms with E-state index in [1.54, 1.807) is 0 Å². The number of hydrogen-bond acceptors (Lipinski definition) is 14. The van der Waals surface area contributed by atoms with E-state index in [4.69, 9.17) is 32.3 Å². The normalized spacial score (nSPS) is 14.8. The molecule has 89 heavy (non-hydrogen) atoms. The molecule has 0 radical (unpaired) electrons. The Hall–Kier alpha value is -3.53. The lowest BCUT2D eigenvalue weighted by atomic mass is 10.0. The number of hydrogen-bond donors (Lipinski definition) is 4. The molecular formula is C71H124O16P2. The van der Waals surface area contributed by atoms with Gasteiger partial charge in [0.1, 0.15) is 25.4 Å². The van der Waals surface area contributed by atoms with E-state index in [0.717, 1.165) is 135 Å². The maximum absolute atomic E-state index is 12.9. The summed E-state index contributed by atoms with van der Waals surface area (Å²) in [7, 11) is -9.79. The molecule has 0 fully saturated rings. The predicted octanol–water partition coefficient (Wildman–Crippen LogP) is 19.1. The molecule has 0 amide bonds. The summed E-state index contributed by atoms with van der Waals surface area (Å²) in [6.45, 7) is 2.49. The second-order valence-electron chi connectivity index (χ2n) is 23.0. The number of carbonyl (C=O) groups excluding carboxylic acids is 3. The molecule has 18 heteroatoms. The Balaban J connectivity index is 4.71. The minimum absolute atomic E-state index is 0.103. The van der Waals surface area contributed by atoms with Gasteiger partial charge in [-0.2, -0.15) is 0 Å². The maximum atomic E-state index is 12.9. The summed E-state index contributed by atoms with van der Waals surface area (Å²) in [5, 5.41) is 20.5.